The van der Waals surface area contributed by atoms with Crippen LogP contribution < -0.4 is 5.32 Å². The van der Waals surface area contributed by atoms with Crippen LogP contribution in [0.5, 0.6) is 0 Å². The van der Waals surface area contributed by atoms with Crippen LogP contribution in [0, 0.1) is 19.8 Å². The number of nitrogens with one attached hydrogen (secondary N) is 1. The van der Waals surface area contributed by atoms with Gasteiger partial charge in [0.15, 0.2) is 0 Å². The molecule has 5 rings (SSSR count). The van der Waals surface area contributed by atoms with E-state index in [1.54, 1.807) is 0 Å². The summed E-state index contributed by atoms with van der Waals surface area (Å²) in [7, 11) is 0. The van der Waals surface area contributed by atoms with Crippen LogP contribution in [0.2, 0.25) is 5.02 Å². The number of carbonyl (C=O) groups is 2. The minimum atomic E-state index is -0.757. The Labute approximate surface area is 285 Å². The number of carbonyl (C=O) groups excluding carboxylic acids is 2. The summed E-state index contributed by atoms with van der Waals surface area (Å²) < 4.78 is 2.09. The lowest BCUT2D eigenvalue weighted by Gasteiger charge is -2.52. The van der Waals surface area contributed by atoms with Crippen LogP contribution in [0.25, 0.3) is 11.3 Å². The molecule has 1 N–H and O–H groups in total. The third-order valence-corrected chi connectivity index (χ3v) is 9.48. The number of halogens is 3. The summed E-state index contributed by atoms with van der Waals surface area (Å²) in [5.74, 6) is 0.454. The summed E-state index contributed by atoms with van der Waals surface area (Å²) in [6.45, 7) is 13.9. The minimum absolute atomic E-state index is 0. The van der Waals surface area contributed by atoms with E-state index in [1.807, 2.05) is 17.9 Å². The molecule has 3 aromatic rings. The molecule has 3 heterocycles. The molecule has 0 bridgehead atoms. The van der Waals surface area contributed by atoms with Gasteiger partial charge in [0, 0.05) is 36.8 Å². The number of rotatable bonds is 10. The number of piperidine rings is 1. The number of unbranched alkanes of at least 4 members (excludes halogenated alkanes) is 1. The molecule has 246 valence electrons. The average molecular weight is 677 g/mol. The van der Waals surface area contributed by atoms with Crippen LogP contribution in [0.3, 0.4) is 0 Å². The summed E-state index contributed by atoms with van der Waals surface area (Å²) in [4.78, 5) is 31.6. The van der Waals surface area contributed by atoms with Gasteiger partial charge in [-0.3, -0.25) is 19.2 Å². The fraction of sp³-hybridized carbons (Fsp3) is 0.514. The van der Waals surface area contributed by atoms with Gasteiger partial charge in [0.2, 0.25) is 11.8 Å². The topological polar surface area (TPSA) is 70.5 Å². The molecular formula is C35H48Cl3N5O2. The maximum Gasteiger partial charge on any atom is 0.246 e. The van der Waals surface area contributed by atoms with Gasteiger partial charge in [0.05, 0.1) is 17.9 Å². The number of aryl methyl sites for hydroxylation is 2. The molecule has 2 aromatic carbocycles. The monoisotopic (exact) mass is 675 g/mol. The highest BCUT2D eigenvalue weighted by atomic mass is 35.5. The lowest BCUT2D eigenvalue weighted by atomic mass is 9.80. The third-order valence-electron chi connectivity index (χ3n) is 9.06. The lowest BCUT2D eigenvalue weighted by Crippen LogP contribution is -2.73. The summed E-state index contributed by atoms with van der Waals surface area (Å²) in [6.07, 6.45) is 3.84. The van der Waals surface area contributed by atoms with Gasteiger partial charge >= 0.3 is 0 Å². The van der Waals surface area contributed by atoms with Crippen molar-refractivity contribution in [3.05, 3.63) is 75.9 Å². The maximum absolute atomic E-state index is 13.6. The van der Waals surface area contributed by atoms with E-state index in [2.05, 4.69) is 85.1 Å². The first-order valence-electron chi connectivity index (χ1n) is 15.8. The van der Waals surface area contributed by atoms with Crippen LogP contribution in [-0.4, -0.2) is 62.6 Å². The normalized spacial score (nSPS) is 18.1. The minimum Gasteiger partial charge on any atom is -0.342 e. The molecular weight excluding hydrogens is 629 g/mol. The van der Waals surface area contributed by atoms with E-state index in [4.69, 9.17) is 16.7 Å². The first kappa shape index (κ1) is 36.9. The predicted molar refractivity (Wildman–Crippen MR) is 187 cm³/mol. The molecule has 2 aliphatic heterocycles. The second-order valence-corrected chi connectivity index (χ2v) is 13.3. The zero-order valence-electron chi connectivity index (χ0n) is 27.1. The SMILES string of the molecule is CCCCN1C(=O)[C@H](CC(C)C)NC(=O)C12CCN(Cc1cc(-c3ccc(Cl)c(C)c3)n(Cc3ccc(C)cc3)n1)CC2.Cl.Cl. The number of nitrogens with zero attached hydrogens (tertiary/aromatic N) is 4. The molecule has 1 spiro atoms. The fourth-order valence-electron chi connectivity index (χ4n) is 6.53. The molecule has 45 heavy (non-hydrogen) atoms. The Bertz CT molecular complexity index is 1450. The number of piperazine rings is 1. The van der Waals surface area contributed by atoms with E-state index in [1.165, 1.54) is 11.1 Å². The van der Waals surface area contributed by atoms with Crippen molar-refractivity contribution in [2.24, 2.45) is 5.92 Å². The van der Waals surface area contributed by atoms with Gasteiger partial charge in [-0.15, -0.1) is 24.8 Å². The molecule has 0 radical (unpaired) electrons. The number of hydrogen-bond donors (Lipinski definition) is 1. The first-order chi connectivity index (χ1) is 20.6. The zero-order chi connectivity index (χ0) is 30.7. The van der Waals surface area contributed by atoms with Crippen molar-refractivity contribution in [1.29, 1.82) is 0 Å². The van der Waals surface area contributed by atoms with Gasteiger partial charge in [0.1, 0.15) is 11.6 Å². The van der Waals surface area contributed by atoms with E-state index in [-0.39, 0.29) is 36.6 Å². The van der Waals surface area contributed by atoms with Gasteiger partial charge in [-0.2, -0.15) is 5.10 Å². The molecule has 2 saturated heterocycles. The van der Waals surface area contributed by atoms with Crippen LogP contribution >= 0.6 is 36.4 Å². The van der Waals surface area contributed by atoms with Gasteiger partial charge in [0.25, 0.3) is 0 Å². The summed E-state index contributed by atoms with van der Waals surface area (Å²) in [5.41, 5.74) is 5.85. The molecule has 0 saturated carbocycles. The molecule has 7 nitrogen and oxygen atoms in total. The molecule has 1 aromatic heterocycles. The fourth-order valence-corrected chi connectivity index (χ4v) is 6.64. The molecule has 2 fully saturated rings. The second-order valence-electron chi connectivity index (χ2n) is 12.9. The number of hydrogen-bond acceptors (Lipinski definition) is 4. The van der Waals surface area contributed by atoms with Gasteiger partial charge < -0.3 is 10.2 Å². The Morgan fingerprint density at radius 2 is 1.69 bits per heavy atom. The number of likely N-dealkylation sites (tertiary alicyclic amines) is 1. The van der Waals surface area contributed by atoms with Crippen molar-refractivity contribution in [3.8, 4) is 11.3 Å². The third kappa shape index (κ3) is 8.23. The van der Waals surface area contributed by atoms with Crippen LogP contribution in [-0.2, 0) is 22.7 Å². The molecule has 0 aliphatic carbocycles. The molecule has 2 amide bonds. The van der Waals surface area contributed by atoms with E-state index in [0.29, 0.717) is 44.8 Å². The highest BCUT2D eigenvalue weighted by Gasteiger charge is 2.53. The van der Waals surface area contributed by atoms with Crippen molar-refractivity contribution in [2.75, 3.05) is 19.6 Å². The maximum atomic E-state index is 13.6. The van der Waals surface area contributed by atoms with Crippen LogP contribution in [0.1, 0.15) is 75.3 Å². The molecule has 0 unspecified atom stereocenters. The van der Waals surface area contributed by atoms with Gasteiger partial charge in [-0.1, -0.05) is 74.7 Å². The molecule has 10 heteroatoms. The largest absolute Gasteiger partial charge is 0.342 e. The summed E-state index contributed by atoms with van der Waals surface area (Å²) in [5, 5.41) is 8.95. The Hall–Kier alpha value is -2.58. The van der Waals surface area contributed by atoms with Crippen molar-refractivity contribution >= 4 is 48.2 Å². The Morgan fingerprint density at radius 1 is 1.00 bits per heavy atom. The van der Waals surface area contributed by atoms with Gasteiger partial charge in [-0.05, 0) is 74.8 Å². The number of benzene rings is 2. The Kier molecular flexibility index (Phi) is 13.0. The van der Waals surface area contributed by atoms with Crippen molar-refractivity contribution in [1.82, 2.24) is 24.9 Å². The van der Waals surface area contributed by atoms with Crippen LogP contribution in [0.4, 0.5) is 0 Å². The molecule has 2 aliphatic rings. The number of aromatic nitrogens is 2. The van der Waals surface area contributed by atoms with Crippen LogP contribution in [0.15, 0.2) is 48.5 Å². The van der Waals surface area contributed by atoms with Crippen molar-refractivity contribution in [2.45, 2.75) is 91.4 Å². The zero-order valence-corrected chi connectivity index (χ0v) is 29.5. The first-order valence-corrected chi connectivity index (χ1v) is 16.2. The highest BCUT2D eigenvalue weighted by Crippen LogP contribution is 2.35. The van der Waals surface area contributed by atoms with E-state index >= 15 is 0 Å². The predicted octanol–water partition coefficient (Wildman–Crippen LogP) is 7.22. The number of amides is 2. The summed E-state index contributed by atoms with van der Waals surface area (Å²) >= 11 is 6.35. The van der Waals surface area contributed by atoms with E-state index in [9.17, 15) is 9.59 Å². The smallest absolute Gasteiger partial charge is 0.246 e. The lowest BCUT2D eigenvalue weighted by molar-refractivity contribution is -0.161. The summed E-state index contributed by atoms with van der Waals surface area (Å²) in [6, 6.07) is 16.5. The van der Waals surface area contributed by atoms with E-state index < -0.39 is 11.6 Å². The average Bonchev–Trinajstić information content (AvgIpc) is 3.37. The van der Waals surface area contributed by atoms with Crippen molar-refractivity contribution in [3.63, 3.8) is 0 Å². The highest BCUT2D eigenvalue weighted by molar-refractivity contribution is 6.31. The quantitative estimate of drug-likeness (QED) is 0.246. The van der Waals surface area contributed by atoms with Crippen molar-refractivity contribution < 1.29 is 9.59 Å². The van der Waals surface area contributed by atoms with E-state index in [0.717, 1.165) is 53.5 Å². The molecule has 1 atom stereocenters. The standard InChI is InChI=1S/C35H46ClN5O2.2ClH/c1-6-7-16-40-33(42)31(19-24(2)3)37-34(43)35(40)14-17-39(18-15-35)23-29-21-32(28-12-13-30(36)26(5)20-28)41(38-29)22-27-10-8-25(4)9-11-27;;/h8-13,20-21,24,31H,6-7,14-19,22-23H2,1-5H3,(H,37,43);2*1H/t31-;;/m0../s1. The Morgan fingerprint density at radius 3 is 2.31 bits per heavy atom. The van der Waals surface area contributed by atoms with Gasteiger partial charge in [-0.25, -0.2) is 0 Å². The Balaban J connectivity index is 0.00000276. The second kappa shape index (κ2) is 15.8.